The maximum atomic E-state index is 12.7. The molecule has 0 N–H and O–H groups in total. The number of carbonyl (C=O) groups is 1. The molecule has 0 radical (unpaired) electrons. The summed E-state index contributed by atoms with van der Waals surface area (Å²) in [5.74, 6) is 0.875. The molecule has 7 heteroatoms. The van der Waals surface area contributed by atoms with Gasteiger partial charge in [-0.05, 0) is 11.4 Å². The standard InChI is InChI=1S/C17H15N3O3S/c21-17(13-6-9-24-11-13)20-7-8-22-10-14(20)16-18-15(19-23-16)12-4-2-1-3-5-12/h1-6,9,11,14H,7-8,10H2/t14-/m0/s1. The van der Waals surface area contributed by atoms with Crippen LogP contribution in [0, 0.1) is 0 Å². The number of carbonyl (C=O) groups excluding carboxylic acids is 1. The molecule has 0 spiro atoms. The molecule has 1 fully saturated rings. The third kappa shape index (κ3) is 2.83. The molecule has 0 saturated carbocycles. The molecule has 0 unspecified atom stereocenters. The van der Waals surface area contributed by atoms with Crippen LogP contribution in [-0.2, 0) is 4.74 Å². The molecule has 1 aliphatic heterocycles. The van der Waals surface area contributed by atoms with Gasteiger partial charge in [-0.25, -0.2) is 0 Å². The van der Waals surface area contributed by atoms with Crippen molar-refractivity contribution in [1.29, 1.82) is 0 Å². The lowest BCUT2D eigenvalue weighted by molar-refractivity contribution is -0.0119. The molecule has 3 aromatic rings. The monoisotopic (exact) mass is 341 g/mol. The van der Waals surface area contributed by atoms with E-state index in [2.05, 4.69) is 10.1 Å². The van der Waals surface area contributed by atoms with Crippen LogP contribution in [-0.4, -0.2) is 40.7 Å². The number of benzene rings is 1. The number of amides is 1. The predicted octanol–water partition coefficient (Wildman–Crippen LogP) is 3.01. The van der Waals surface area contributed by atoms with Crippen LogP contribution in [0.15, 0.2) is 51.7 Å². The molecule has 122 valence electrons. The van der Waals surface area contributed by atoms with Gasteiger partial charge in [-0.2, -0.15) is 16.3 Å². The smallest absolute Gasteiger partial charge is 0.255 e. The molecule has 1 aliphatic rings. The summed E-state index contributed by atoms with van der Waals surface area (Å²) in [6, 6.07) is 11.1. The largest absolute Gasteiger partial charge is 0.377 e. The van der Waals surface area contributed by atoms with E-state index in [0.29, 0.717) is 37.0 Å². The Hall–Kier alpha value is -2.51. The molecule has 1 amide bonds. The van der Waals surface area contributed by atoms with Crippen molar-refractivity contribution in [3.63, 3.8) is 0 Å². The Bertz CT molecular complexity index is 817. The summed E-state index contributed by atoms with van der Waals surface area (Å²) in [5, 5.41) is 7.78. The van der Waals surface area contributed by atoms with Gasteiger partial charge in [0, 0.05) is 17.5 Å². The zero-order chi connectivity index (χ0) is 16.4. The van der Waals surface area contributed by atoms with Crippen molar-refractivity contribution in [2.75, 3.05) is 19.8 Å². The van der Waals surface area contributed by atoms with Crippen molar-refractivity contribution in [3.05, 3.63) is 58.6 Å². The van der Waals surface area contributed by atoms with E-state index in [9.17, 15) is 4.79 Å². The van der Waals surface area contributed by atoms with Crippen LogP contribution in [0.4, 0.5) is 0 Å². The normalized spacial score (nSPS) is 17.8. The number of thiophene rings is 1. The van der Waals surface area contributed by atoms with Crippen LogP contribution in [0.3, 0.4) is 0 Å². The number of morpholine rings is 1. The zero-order valence-corrected chi connectivity index (χ0v) is 13.6. The number of rotatable bonds is 3. The second-order valence-corrected chi connectivity index (χ2v) is 6.20. The highest BCUT2D eigenvalue weighted by atomic mass is 32.1. The molecular weight excluding hydrogens is 326 g/mol. The van der Waals surface area contributed by atoms with Crippen LogP contribution in [0.5, 0.6) is 0 Å². The van der Waals surface area contributed by atoms with Gasteiger partial charge >= 0.3 is 0 Å². The predicted molar refractivity (Wildman–Crippen MR) is 88.6 cm³/mol. The third-order valence-electron chi connectivity index (χ3n) is 3.92. The first-order valence-corrected chi connectivity index (χ1v) is 8.57. The Morgan fingerprint density at radius 2 is 2.12 bits per heavy atom. The highest BCUT2D eigenvalue weighted by molar-refractivity contribution is 7.08. The maximum Gasteiger partial charge on any atom is 0.255 e. The summed E-state index contributed by atoms with van der Waals surface area (Å²) in [4.78, 5) is 18.9. The van der Waals surface area contributed by atoms with E-state index in [4.69, 9.17) is 9.26 Å². The number of nitrogens with zero attached hydrogens (tertiary/aromatic N) is 3. The first-order chi connectivity index (χ1) is 11.8. The molecule has 2 aromatic heterocycles. The van der Waals surface area contributed by atoms with E-state index in [1.54, 1.807) is 4.90 Å². The van der Waals surface area contributed by atoms with Gasteiger partial charge in [0.2, 0.25) is 5.82 Å². The Labute approximate surface area is 142 Å². The van der Waals surface area contributed by atoms with Gasteiger partial charge in [-0.15, -0.1) is 0 Å². The fourth-order valence-corrected chi connectivity index (χ4v) is 3.31. The van der Waals surface area contributed by atoms with E-state index >= 15 is 0 Å². The molecule has 1 atom stereocenters. The van der Waals surface area contributed by atoms with Gasteiger partial charge in [0.15, 0.2) is 0 Å². The Morgan fingerprint density at radius 3 is 2.92 bits per heavy atom. The quantitative estimate of drug-likeness (QED) is 0.732. The van der Waals surface area contributed by atoms with Crippen molar-refractivity contribution in [2.45, 2.75) is 6.04 Å². The van der Waals surface area contributed by atoms with Crippen LogP contribution in [0.25, 0.3) is 11.4 Å². The molecule has 6 nitrogen and oxygen atoms in total. The Balaban J connectivity index is 1.62. The lowest BCUT2D eigenvalue weighted by Gasteiger charge is -2.33. The van der Waals surface area contributed by atoms with E-state index in [1.807, 2.05) is 47.2 Å². The zero-order valence-electron chi connectivity index (χ0n) is 12.8. The fraction of sp³-hybridized carbons (Fsp3) is 0.235. The van der Waals surface area contributed by atoms with Crippen LogP contribution in [0.2, 0.25) is 0 Å². The fourth-order valence-electron chi connectivity index (χ4n) is 2.68. The van der Waals surface area contributed by atoms with Gasteiger partial charge in [-0.3, -0.25) is 4.79 Å². The molecule has 3 heterocycles. The van der Waals surface area contributed by atoms with Crippen molar-refractivity contribution < 1.29 is 14.1 Å². The van der Waals surface area contributed by atoms with Crippen molar-refractivity contribution >= 4 is 17.2 Å². The maximum absolute atomic E-state index is 12.7. The number of hydrogen-bond donors (Lipinski definition) is 0. The average Bonchev–Trinajstić information content (AvgIpc) is 3.34. The summed E-state index contributed by atoms with van der Waals surface area (Å²) >= 11 is 1.50. The van der Waals surface area contributed by atoms with Crippen molar-refractivity contribution in [3.8, 4) is 11.4 Å². The second kappa shape index (κ2) is 6.54. The molecule has 1 saturated heterocycles. The Kier molecular flexibility index (Phi) is 4.10. The highest BCUT2D eigenvalue weighted by Gasteiger charge is 2.33. The molecule has 0 aliphatic carbocycles. The number of ether oxygens (including phenoxy) is 1. The topological polar surface area (TPSA) is 68.5 Å². The molecule has 24 heavy (non-hydrogen) atoms. The second-order valence-electron chi connectivity index (χ2n) is 5.42. The van der Waals surface area contributed by atoms with Crippen LogP contribution in [0.1, 0.15) is 22.3 Å². The van der Waals surface area contributed by atoms with Crippen molar-refractivity contribution in [2.24, 2.45) is 0 Å². The van der Waals surface area contributed by atoms with E-state index in [1.165, 1.54) is 11.3 Å². The van der Waals surface area contributed by atoms with Gasteiger partial charge in [0.05, 0.1) is 18.8 Å². The first kappa shape index (κ1) is 15.0. The van der Waals surface area contributed by atoms with Gasteiger partial charge in [0.25, 0.3) is 11.8 Å². The number of aromatic nitrogens is 2. The average molecular weight is 341 g/mol. The van der Waals surface area contributed by atoms with Crippen molar-refractivity contribution in [1.82, 2.24) is 15.0 Å². The lowest BCUT2D eigenvalue weighted by atomic mass is 10.2. The minimum Gasteiger partial charge on any atom is -0.377 e. The van der Waals surface area contributed by atoms with Gasteiger partial charge < -0.3 is 14.2 Å². The molecule has 1 aromatic carbocycles. The van der Waals surface area contributed by atoms with Crippen LogP contribution < -0.4 is 0 Å². The summed E-state index contributed by atoms with van der Waals surface area (Å²) < 4.78 is 11.0. The summed E-state index contributed by atoms with van der Waals surface area (Å²) in [6.45, 7) is 1.36. The molecular formula is C17H15N3O3S. The van der Waals surface area contributed by atoms with Gasteiger partial charge in [0.1, 0.15) is 6.04 Å². The summed E-state index contributed by atoms with van der Waals surface area (Å²) in [5.41, 5.74) is 1.55. The van der Waals surface area contributed by atoms with Crippen LogP contribution >= 0.6 is 11.3 Å². The first-order valence-electron chi connectivity index (χ1n) is 7.63. The van der Waals surface area contributed by atoms with E-state index in [-0.39, 0.29) is 11.9 Å². The van der Waals surface area contributed by atoms with E-state index < -0.39 is 0 Å². The molecule has 4 rings (SSSR count). The lowest BCUT2D eigenvalue weighted by Crippen LogP contribution is -2.43. The highest BCUT2D eigenvalue weighted by Crippen LogP contribution is 2.27. The summed E-state index contributed by atoms with van der Waals surface area (Å²) in [7, 11) is 0. The molecule has 0 bridgehead atoms. The SMILES string of the molecule is O=C(c1ccsc1)N1CCOC[C@H]1c1nc(-c2ccccc2)no1. The van der Waals surface area contributed by atoms with Gasteiger partial charge in [-0.1, -0.05) is 35.5 Å². The number of hydrogen-bond acceptors (Lipinski definition) is 6. The Morgan fingerprint density at radius 1 is 1.25 bits per heavy atom. The van der Waals surface area contributed by atoms with E-state index in [0.717, 1.165) is 5.56 Å². The minimum absolute atomic E-state index is 0.0380. The third-order valence-corrected chi connectivity index (χ3v) is 4.60. The minimum atomic E-state index is -0.365. The summed E-state index contributed by atoms with van der Waals surface area (Å²) in [6.07, 6.45) is 0.